The maximum absolute atomic E-state index is 4.35. The first-order chi connectivity index (χ1) is 6.65. The molecule has 0 aliphatic carbocycles. The summed E-state index contributed by atoms with van der Waals surface area (Å²) in [4.78, 5) is 4.82. The van der Waals surface area contributed by atoms with Crippen molar-refractivity contribution in [1.82, 2.24) is 9.80 Å². The zero-order valence-corrected chi connectivity index (χ0v) is 10.6. The lowest BCUT2D eigenvalue weighted by Crippen LogP contribution is -2.42. The molecule has 1 aliphatic heterocycles. The molecule has 0 bridgehead atoms. The molecule has 0 aromatic carbocycles. The molecule has 1 saturated heterocycles. The van der Waals surface area contributed by atoms with Crippen LogP contribution in [0.4, 0.5) is 0 Å². The molecule has 0 spiro atoms. The normalized spacial score (nSPS) is 22.9. The summed E-state index contributed by atoms with van der Waals surface area (Å²) < 4.78 is 0. The fraction of sp³-hybridized carbons (Fsp3) is 1.00. The Morgan fingerprint density at radius 3 is 2.36 bits per heavy atom. The van der Waals surface area contributed by atoms with Gasteiger partial charge in [-0.2, -0.15) is 12.6 Å². The molecule has 1 atom stereocenters. The van der Waals surface area contributed by atoms with E-state index in [0.29, 0.717) is 0 Å². The van der Waals surface area contributed by atoms with Crippen LogP contribution in [0.25, 0.3) is 0 Å². The van der Waals surface area contributed by atoms with Gasteiger partial charge < -0.3 is 9.80 Å². The van der Waals surface area contributed by atoms with E-state index in [1.165, 1.54) is 32.4 Å². The summed E-state index contributed by atoms with van der Waals surface area (Å²) in [5.74, 6) is 1.89. The van der Waals surface area contributed by atoms with E-state index in [1.54, 1.807) is 0 Å². The topological polar surface area (TPSA) is 6.48 Å². The van der Waals surface area contributed by atoms with Gasteiger partial charge in [-0.25, -0.2) is 0 Å². The van der Waals surface area contributed by atoms with Gasteiger partial charge in [0.1, 0.15) is 0 Å². The highest BCUT2D eigenvalue weighted by atomic mass is 32.1. The Kier molecular flexibility index (Phi) is 5.28. The van der Waals surface area contributed by atoms with Gasteiger partial charge in [0.15, 0.2) is 0 Å². The maximum atomic E-state index is 4.35. The van der Waals surface area contributed by atoms with Crippen LogP contribution in [-0.4, -0.2) is 55.8 Å². The van der Waals surface area contributed by atoms with Crippen LogP contribution in [0, 0.1) is 5.92 Å². The highest BCUT2D eigenvalue weighted by Gasteiger charge is 2.25. The average Bonchev–Trinajstić information content (AvgIpc) is 2.15. The zero-order chi connectivity index (χ0) is 10.6. The average molecular weight is 216 g/mol. The summed E-state index contributed by atoms with van der Waals surface area (Å²) in [6.45, 7) is 2.53. The van der Waals surface area contributed by atoms with Crippen LogP contribution in [0.5, 0.6) is 0 Å². The first-order valence-electron chi connectivity index (χ1n) is 5.61. The van der Waals surface area contributed by atoms with E-state index in [1.807, 2.05) is 0 Å². The molecule has 1 aliphatic rings. The van der Waals surface area contributed by atoms with Gasteiger partial charge in [0, 0.05) is 6.04 Å². The Morgan fingerprint density at radius 1 is 1.36 bits per heavy atom. The van der Waals surface area contributed by atoms with Gasteiger partial charge in [-0.05, 0) is 65.2 Å². The van der Waals surface area contributed by atoms with E-state index in [0.717, 1.165) is 17.7 Å². The van der Waals surface area contributed by atoms with Crippen molar-refractivity contribution in [3.05, 3.63) is 0 Å². The van der Waals surface area contributed by atoms with E-state index in [2.05, 4.69) is 43.6 Å². The lowest BCUT2D eigenvalue weighted by molar-refractivity contribution is 0.129. The van der Waals surface area contributed by atoms with E-state index in [4.69, 9.17) is 0 Å². The van der Waals surface area contributed by atoms with E-state index in [9.17, 15) is 0 Å². The molecule has 1 unspecified atom stereocenters. The minimum absolute atomic E-state index is 0.737. The zero-order valence-electron chi connectivity index (χ0n) is 9.74. The molecule has 1 fully saturated rings. The van der Waals surface area contributed by atoms with Gasteiger partial charge in [-0.15, -0.1) is 0 Å². The standard InChI is InChI=1S/C11H24N2S/c1-12(2)11(6-9-14)10-4-7-13(3)8-5-10/h10-11,14H,4-9H2,1-3H3. The first kappa shape index (κ1) is 12.3. The third kappa shape index (κ3) is 3.44. The molecule has 0 saturated carbocycles. The first-order valence-corrected chi connectivity index (χ1v) is 6.24. The van der Waals surface area contributed by atoms with E-state index >= 15 is 0 Å². The van der Waals surface area contributed by atoms with Crippen molar-refractivity contribution in [2.24, 2.45) is 5.92 Å². The van der Waals surface area contributed by atoms with Crippen molar-refractivity contribution in [1.29, 1.82) is 0 Å². The molecule has 14 heavy (non-hydrogen) atoms. The molecule has 0 aromatic heterocycles. The molecule has 0 amide bonds. The summed E-state index contributed by atoms with van der Waals surface area (Å²) in [5.41, 5.74) is 0. The second-order valence-corrected chi connectivity index (χ2v) is 5.13. The summed E-state index contributed by atoms with van der Waals surface area (Å²) in [7, 11) is 6.62. The number of likely N-dealkylation sites (tertiary alicyclic amines) is 1. The Morgan fingerprint density at radius 2 is 1.93 bits per heavy atom. The second-order valence-electron chi connectivity index (χ2n) is 4.68. The number of hydrogen-bond acceptors (Lipinski definition) is 3. The van der Waals surface area contributed by atoms with E-state index < -0.39 is 0 Å². The number of nitrogens with zero attached hydrogens (tertiary/aromatic N) is 2. The van der Waals surface area contributed by atoms with Crippen molar-refractivity contribution in [2.45, 2.75) is 25.3 Å². The molecular formula is C11H24N2S. The minimum atomic E-state index is 0.737. The van der Waals surface area contributed by atoms with Gasteiger partial charge in [0.2, 0.25) is 0 Å². The van der Waals surface area contributed by atoms with Crippen molar-refractivity contribution < 1.29 is 0 Å². The lowest BCUT2D eigenvalue weighted by atomic mass is 9.87. The van der Waals surface area contributed by atoms with Crippen molar-refractivity contribution in [3.63, 3.8) is 0 Å². The summed E-state index contributed by atoms with van der Waals surface area (Å²) in [6.07, 6.45) is 3.94. The van der Waals surface area contributed by atoms with Crippen LogP contribution < -0.4 is 0 Å². The molecule has 0 radical (unpaired) electrons. The predicted molar refractivity (Wildman–Crippen MR) is 66.2 cm³/mol. The van der Waals surface area contributed by atoms with Crippen LogP contribution in [0.3, 0.4) is 0 Å². The predicted octanol–water partition coefficient (Wildman–Crippen LogP) is 1.58. The lowest BCUT2D eigenvalue weighted by Gasteiger charge is -2.37. The van der Waals surface area contributed by atoms with Gasteiger partial charge >= 0.3 is 0 Å². The van der Waals surface area contributed by atoms with Crippen LogP contribution >= 0.6 is 12.6 Å². The van der Waals surface area contributed by atoms with Crippen LogP contribution in [0.1, 0.15) is 19.3 Å². The van der Waals surface area contributed by atoms with Gasteiger partial charge in [-0.1, -0.05) is 0 Å². The third-order valence-corrected chi connectivity index (χ3v) is 3.65. The molecule has 1 rings (SSSR count). The number of hydrogen-bond donors (Lipinski definition) is 1. The molecule has 84 valence electrons. The minimum Gasteiger partial charge on any atom is -0.306 e. The molecule has 0 aromatic rings. The molecular weight excluding hydrogens is 192 g/mol. The van der Waals surface area contributed by atoms with Crippen LogP contribution in [0.15, 0.2) is 0 Å². The SMILES string of the molecule is CN1CCC(C(CCS)N(C)C)CC1. The van der Waals surface area contributed by atoms with Crippen molar-refractivity contribution in [2.75, 3.05) is 40.0 Å². The summed E-state index contributed by atoms with van der Waals surface area (Å²) in [5, 5.41) is 0. The Bertz CT molecular complexity index is 153. The second kappa shape index (κ2) is 5.99. The summed E-state index contributed by atoms with van der Waals surface area (Å²) in [6, 6.07) is 0.737. The molecule has 3 heteroatoms. The quantitative estimate of drug-likeness (QED) is 0.713. The molecule has 2 nitrogen and oxygen atoms in total. The molecule has 1 heterocycles. The maximum Gasteiger partial charge on any atom is 0.0126 e. The van der Waals surface area contributed by atoms with Gasteiger partial charge in [0.05, 0.1) is 0 Å². The van der Waals surface area contributed by atoms with Crippen molar-refractivity contribution in [3.8, 4) is 0 Å². The summed E-state index contributed by atoms with van der Waals surface area (Å²) >= 11 is 4.35. The van der Waals surface area contributed by atoms with Crippen LogP contribution in [0.2, 0.25) is 0 Å². The number of piperidine rings is 1. The number of thiol groups is 1. The number of rotatable bonds is 4. The fourth-order valence-electron chi connectivity index (χ4n) is 2.46. The highest BCUT2D eigenvalue weighted by molar-refractivity contribution is 7.80. The smallest absolute Gasteiger partial charge is 0.0126 e. The molecule has 0 N–H and O–H groups in total. The Balaban J connectivity index is 2.43. The van der Waals surface area contributed by atoms with Crippen molar-refractivity contribution >= 4 is 12.6 Å². The Hall–Kier alpha value is 0.270. The van der Waals surface area contributed by atoms with Gasteiger partial charge in [0.25, 0.3) is 0 Å². The highest BCUT2D eigenvalue weighted by Crippen LogP contribution is 2.24. The van der Waals surface area contributed by atoms with Crippen LogP contribution in [-0.2, 0) is 0 Å². The monoisotopic (exact) mass is 216 g/mol. The Labute approximate surface area is 94.1 Å². The van der Waals surface area contributed by atoms with E-state index in [-0.39, 0.29) is 0 Å². The van der Waals surface area contributed by atoms with Gasteiger partial charge in [-0.3, -0.25) is 0 Å². The fourth-order valence-corrected chi connectivity index (χ4v) is 2.73. The third-order valence-electron chi connectivity index (χ3n) is 3.40. The largest absolute Gasteiger partial charge is 0.306 e.